The summed E-state index contributed by atoms with van der Waals surface area (Å²) in [6.45, 7) is 0. The van der Waals surface area contributed by atoms with E-state index in [9.17, 15) is 0 Å². The molecule has 0 N–H and O–H groups in total. The van der Waals surface area contributed by atoms with Crippen LogP contribution in [0.3, 0.4) is 0 Å². The molecule has 13 aromatic rings. The summed E-state index contributed by atoms with van der Waals surface area (Å²) >= 11 is 0. The molecule has 0 radical (unpaired) electrons. The number of hydrogen-bond donors (Lipinski definition) is 0. The molecular formula is C62H38N2O. The summed E-state index contributed by atoms with van der Waals surface area (Å²) in [6, 6.07) is 74.6. The standard InChI is InChI=1S/C62H38N2O/c1-2-15-39(16-3-1)58-47-19-4-6-21-49(47)59(50-22-7-5-20-48(50)58)40-29-30-46-55-27-12-28-56(62(55)65-57(46)36-40)61-53-25-10-8-23-51(53)60(52-24-9-11-26-54(52)61)45-34-43(41-17-13-31-63-37-41)33-44(35-45)42-18-14-32-64-38-42/h1-38H. The lowest BCUT2D eigenvalue weighted by Crippen LogP contribution is -1.92. The van der Waals surface area contributed by atoms with Crippen LogP contribution in [0.15, 0.2) is 235 Å². The number of para-hydroxylation sites is 1. The van der Waals surface area contributed by atoms with Gasteiger partial charge in [0.15, 0.2) is 0 Å². The molecule has 65 heavy (non-hydrogen) atoms. The topological polar surface area (TPSA) is 38.9 Å². The Morgan fingerprint density at radius 1 is 0.262 bits per heavy atom. The van der Waals surface area contributed by atoms with Gasteiger partial charge >= 0.3 is 0 Å². The third-order valence-corrected chi connectivity index (χ3v) is 13.2. The van der Waals surface area contributed by atoms with Crippen LogP contribution in [-0.4, -0.2) is 9.97 Å². The Bertz CT molecular complexity index is 3810. The summed E-state index contributed by atoms with van der Waals surface area (Å²) in [7, 11) is 0. The SMILES string of the molecule is c1ccc(-c2c3ccccc3c(-c3ccc4c(c3)oc3c(-c5c6ccccc6c(-c6cc(-c7cccnc7)cc(-c7cccnc7)c6)c6ccccc56)cccc34)c3ccccc23)cc1. The highest BCUT2D eigenvalue weighted by molar-refractivity contribution is 6.25. The average molecular weight is 827 g/mol. The molecule has 13 rings (SSSR count). The van der Waals surface area contributed by atoms with E-state index in [2.05, 4.69) is 204 Å². The minimum absolute atomic E-state index is 0.866. The van der Waals surface area contributed by atoms with Gasteiger partial charge in [-0.25, -0.2) is 0 Å². The van der Waals surface area contributed by atoms with E-state index in [1.54, 1.807) is 0 Å². The zero-order valence-electron chi connectivity index (χ0n) is 35.2. The Kier molecular flexibility index (Phi) is 8.53. The van der Waals surface area contributed by atoms with Gasteiger partial charge in [-0.05, 0) is 130 Å². The predicted molar refractivity (Wildman–Crippen MR) is 272 cm³/mol. The fraction of sp³-hybridized carbons (Fsp3) is 0. The molecule has 3 nitrogen and oxygen atoms in total. The van der Waals surface area contributed by atoms with Crippen molar-refractivity contribution in [2.75, 3.05) is 0 Å². The first-order valence-corrected chi connectivity index (χ1v) is 22.1. The van der Waals surface area contributed by atoms with E-state index in [0.29, 0.717) is 0 Å². The van der Waals surface area contributed by atoms with E-state index in [1.807, 2.05) is 36.9 Å². The van der Waals surface area contributed by atoms with Crippen molar-refractivity contribution in [1.82, 2.24) is 9.97 Å². The maximum atomic E-state index is 7.15. The van der Waals surface area contributed by atoms with Crippen LogP contribution in [0, 0.1) is 0 Å². The van der Waals surface area contributed by atoms with E-state index in [0.717, 1.165) is 66.4 Å². The largest absolute Gasteiger partial charge is 0.455 e. The molecule has 0 aliphatic heterocycles. The number of pyridine rings is 2. The van der Waals surface area contributed by atoms with Crippen LogP contribution in [0.2, 0.25) is 0 Å². The zero-order chi connectivity index (χ0) is 42.8. The van der Waals surface area contributed by atoms with E-state index in [4.69, 9.17) is 4.42 Å². The Morgan fingerprint density at radius 2 is 0.692 bits per heavy atom. The number of hydrogen-bond acceptors (Lipinski definition) is 3. The Balaban J connectivity index is 1.04. The second-order valence-corrected chi connectivity index (χ2v) is 16.8. The second kappa shape index (κ2) is 15.0. The second-order valence-electron chi connectivity index (χ2n) is 16.8. The quantitative estimate of drug-likeness (QED) is 0.157. The van der Waals surface area contributed by atoms with Gasteiger partial charge < -0.3 is 4.42 Å². The van der Waals surface area contributed by atoms with Gasteiger partial charge in [0.25, 0.3) is 0 Å². The predicted octanol–water partition coefficient (Wildman–Crippen LogP) is 17.0. The first-order chi connectivity index (χ1) is 32.3. The fourth-order valence-electron chi connectivity index (χ4n) is 10.4. The molecule has 0 aliphatic carbocycles. The first kappa shape index (κ1) is 36.9. The van der Waals surface area contributed by atoms with E-state index < -0.39 is 0 Å². The molecule has 0 saturated carbocycles. The minimum atomic E-state index is 0.866. The molecule has 0 amide bonds. The molecule has 3 heterocycles. The number of aromatic nitrogens is 2. The summed E-state index contributed by atoms with van der Waals surface area (Å²) in [6.07, 6.45) is 7.53. The Hall–Kier alpha value is -8.66. The zero-order valence-corrected chi connectivity index (χ0v) is 35.2. The van der Waals surface area contributed by atoms with E-state index >= 15 is 0 Å². The molecule has 302 valence electrons. The van der Waals surface area contributed by atoms with Crippen LogP contribution in [0.5, 0.6) is 0 Å². The highest BCUT2D eigenvalue weighted by Gasteiger charge is 2.22. The Labute approximate surface area is 375 Å². The van der Waals surface area contributed by atoms with Crippen LogP contribution in [0.25, 0.3) is 132 Å². The smallest absolute Gasteiger partial charge is 0.143 e. The molecule has 3 heteroatoms. The molecular weight excluding hydrogens is 789 g/mol. The normalized spacial score (nSPS) is 11.7. The summed E-state index contributed by atoms with van der Waals surface area (Å²) in [5.41, 5.74) is 15.5. The highest BCUT2D eigenvalue weighted by atomic mass is 16.3. The maximum Gasteiger partial charge on any atom is 0.143 e. The highest BCUT2D eigenvalue weighted by Crippen LogP contribution is 2.49. The molecule has 0 saturated heterocycles. The van der Waals surface area contributed by atoms with Crippen molar-refractivity contribution in [2.24, 2.45) is 0 Å². The van der Waals surface area contributed by atoms with E-state index in [-0.39, 0.29) is 0 Å². The van der Waals surface area contributed by atoms with Crippen LogP contribution in [0.1, 0.15) is 0 Å². The minimum Gasteiger partial charge on any atom is -0.455 e. The number of rotatable bonds is 6. The van der Waals surface area contributed by atoms with Gasteiger partial charge in [-0.2, -0.15) is 0 Å². The van der Waals surface area contributed by atoms with Crippen LogP contribution >= 0.6 is 0 Å². The average Bonchev–Trinajstić information content (AvgIpc) is 3.76. The molecule has 0 aliphatic rings. The fourth-order valence-corrected chi connectivity index (χ4v) is 10.4. The van der Waals surface area contributed by atoms with Crippen molar-refractivity contribution in [3.05, 3.63) is 231 Å². The molecule has 3 aromatic heterocycles. The number of nitrogens with zero attached hydrogens (tertiary/aromatic N) is 2. The van der Waals surface area contributed by atoms with Gasteiger partial charge in [0.2, 0.25) is 0 Å². The number of benzene rings is 10. The van der Waals surface area contributed by atoms with Gasteiger partial charge in [0.05, 0.1) is 0 Å². The molecule has 0 fully saturated rings. The summed E-state index contributed by atoms with van der Waals surface area (Å²) in [4.78, 5) is 8.98. The van der Waals surface area contributed by atoms with Gasteiger partial charge in [0.1, 0.15) is 11.2 Å². The lowest BCUT2D eigenvalue weighted by atomic mass is 9.84. The molecule has 0 spiro atoms. The van der Waals surface area contributed by atoms with Crippen molar-refractivity contribution in [1.29, 1.82) is 0 Å². The molecule has 0 unspecified atom stereocenters. The Morgan fingerprint density at radius 3 is 1.20 bits per heavy atom. The third-order valence-electron chi connectivity index (χ3n) is 13.2. The van der Waals surface area contributed by atoms with Crippen molar-refractivity contribution < 1.29 is 4.42 Å². The van der Waals surface area contributed by atoms with Crippen molar-refractivity contribution in [3.63, 3.8) is 0 Å². The van der Waals surface area contributed by atoms with Crippen molar-refractivity contribution >= 4 is 65.0 Å². The molecule has 0 atom stereocenters. The maximum absolute atomic E-state index is 7.15. The number of fused-ring (bicyclic) bond motifs is 7. The summed E-state index contributed by atoms with van der Waals surface area (Å²) in [5, 5.41) is 11.8. The van der Waals surface area contributed by atoms with Crippen LogP contribution < -0.4 is 0 Å². The van der Waals surface area contributed by atoms with Gasteiger partial charge in [-0.1, -0.05) is 164 Å². The number of furan rings is 1. The summed E-state index contributed by atoms with van der Waals surface area (Å²) < 4.78 is 7.15. The molecule has 10 aromatic carbocycles. The van der Waals surface area contributed by atoms with Crippen LogP contribution in [-0.2, 0) is 0 Å². The van der Waals surface area contributed by atoms with Crippen molar-refractivity contribution in [3.8, 4) is 66.8 Å². The van der Waals surface area contributed by atoms with E-state index in [1.165, 1.54) is 65.3 Å². The lowest BCUT2D eigenvalue weighted by Gasteiger charge is -2.19. The monoisotopic (exact) mass is 826 g/mol. The molecule has 0 bridgehead atoms. The van der Waals surface area contributed by atoms with Gasteiger partial charge in [-0.15, -0.1) is 0 Å². The third kappa shape index (κ3) is 5.97. The van der Waals surface area contributed by atoms with Gasteiger partial charge in [0, 0.05) is 57.8 Å². The van der Waals surface area contributed by atoms with Crippen molar-refractivity contribution in [2.45, 2.75) is 0 Å². The first-order valence-electron chi connectivity index (χ1n) is 22.1. The van der Waals surface area contributed by atoms with Gasteiger partial charge in [-0.3, -0.25) is 9.97 Å². The van der Waals surface area contributed by atoms with Crippen LogP contribution in [0.4, 0.5) is 0 Å². The summed E-state index contributed by atoms with van der Waals surface area (Å²) in [5.74, 6) is 0. The lowest BCUT2D eigenvalue weighted by molar-refractivity contribution is 0.670.